The summed E-state index contributed by atoms with van der Waals surface area (Å²) in [7, 11) is 0. The van der Waals surface area contributed by atoms with Crippen LogP contribution in [0.5, 0.6) is 17.2 Å². The SMILES string of the molecule is Cc1c[nH]c2nccc(Oc3ccc([C@H]4CCN(CCOc5ccccc5)[C@@H]4C(N)=O)cc3)c12. The molecule has 0 bridgehead atoms. The van der Waals surface area contributed by atoms with Gasteiger partial charge in [-0.05, 0) is 61.3 Å². The number of carbonyl (C=O) groups is 1. The van der Waals surface area contributed by atoms with Gasteiger partial charge in [-0.2, -0.15) is 0 Å². The van der Waals surface area contributed by atoms with Gasteiger partial charge in [0, 0.05) is 24.9 Å². The number of likely N-dealkylation sites (tertiary alicyclic amines) is 1. The Labute approximate surface area is 198 Å². The molecule has 1 amide bonds. The molecule has 0 saturated carbocycles. The van der Waals surface area contributed by atoms with Crippen LogP contribution in [-0.2, 0) is 4.79 Å². The van der Waals surface area contributed by atoms with Gasteiger partial charge in [-0.15, -0.1) is 0 Å². The maximum atomic E-state index is 12.4. The van der Waals surface area contributed by atoms with E-state index < -0.39 is 0 Å². The predicted molar refractivity (Wildman–Crippen MR) is 131 cm³/mol. The first-order valence-electron chi connectivity index (χ1n) is 11.5. The zero-order chi connectivity index (χ0) is 23.5. The van der Waals surface area contributed by atoms with Crippen LogP contribution in [0.4, 0.5) is 0 Å². The van der Waals surface area contributed by atoms with E-state index in [1.165, 1.54) is 0 Å². The predicted octanol–water partition coefficient (Wildman–Crippen LogP) is 4.39. The van der Waals surface area contributed by atoms with Gasteiger partial charge in [0.2, 0.25) is 5.91 Å². The molecular weight excluding hydrogens is 428 g/mol. The van der Waals surface area contributed by atoms with E-state index in [2.05, 4.69) is 14.9 Å². The fourth-order valence-corrected chi connectivity index (χ4v) is 4.81. The fraction of sp³-hybridized carbons (Fsp3) is 0.259. The molecule has 0 radical (unpaired) electrons. The number of amides is 1. The quantitative estimate of drug-likeness (QED) is 0.410. The molecule has 1 aliphatic heterocycles. The number of nitrogens with two attached hydrogens (primary N) is 1. The third-order valence-corrected chi connectivity index (χ3v) is 6.45. The molecule has 1 fully saturated rings. The summed E-state index contributed by atoms with van der Waals surface area (Å²) >= 11 is 0. The van der Waals surface area contributed by atoms with Crippen molar-refractivity contribution < 1.29 is 14.3 Å². The van der Waals surface area contributed by atoms with E-state index in [1.807, 2.05) is 73.8 Å². The van der Waals surface area contributed by atoms with Gasteiger partial charge in [-0.25, -0.2) is 4.98 Å². The second kappa shape index (κ2) is 9.57. The lowest BCUT2D eigenvalue weighted by atomic mass is 9.91. The highest BCUT2D eigenvalue weighted by atomic mass is 16.5. The number of nitrogens with one attached hydrogen (secondary N) is 1. The number of benzene rings is 2. The van der Waals surface area contributed by atoms with Crippen LogP contribution < -0.4 is 15.2 Å². The molecule has 0 aliphatic carbocycles. The average molecular weight is 457 g/mol. The minimum absolute atomic E-state index is 0.0443. The molecule has 3 heterocycles. The van der Waals surface area contributed by atoms with E-state index in [4.69, 9.17) is 15.2 Å². The Hall–Kier alpha value is -3.84. The van der Waals surface area contributed by atoms with Crippen LogP contribution in [0, 0.1) is 6.92 Å². The molecule has 7 heteroatoms. The number of H-pyrrole nitrogens is 1. The van der Waals surface area contributed by atoms with Crippen LogP contribution in [0.3, 0.4) is 0 Å². The number of para-hydroxylation sites is 1. The summed E-state index contributed by atoms with van der Waals surface area (Å²) in [6.07, 6.45) is 4.52. The molecule has 34 heavy (non-hydrogen) atoms. The zero-order valence-electron chi connectivity index (χ0n) is 19.1. The van der Waals surface area contributed by atoms with Crippen LogP contribution >= 0.6 is 0 Å². The van der Waals surface area contributed by atoms with Gasteiger partial charge in [-0.3, -0.25) is 9.69 Å². The van der Waals surface area contributed by atoms with E-state index >= 15 is 0 Å². The van der Waals surface area contributed by atoms with Crippen molar-refractivity contribution >= 4 is 16.9 Å². The van der Waals surface area contributed by atoms with Crippen LogP contribution in [0.15, 0.2) is 73.1 Å². The summed E-state index contributed by atoms with van der Waals surface area (Å²) in [5.41, 5.74) is 8.80. The van der Waals surface area contributed by atoms with Crippen molar-refractivity contribution in [1.82, 2.24) is 14.9 Å². The van der Waals surface area contributed by atoms with Crippen molar-refractivity contribution in [2.75, 3.05) is 19.7 Å². The molecule has 174 valence electrons. The van der Waals surface area contributed by atoms with E-state index in [0.717, 1.165) is 52.4 Å². The minimum Gasteiger partial charge on any atom is -0.492 e. The van der Waals surface area contributed by atoms with Crippen LogP contribution in [0.2, 0.25) is 0 Å². The van der Waals surface area contributed by atoms with Crippen LogP contribution in [0.1, 0.15) is 23.5 Å². The Bertz CT molecular complexity index is 1270. The summed E-state index contributed by atoms with van der Waals surface area (Å²) < 4.78 is 12.0. The monoisotopic (exact) mass is 456 g/mol. The number of hydrogen-bond donors (Lipinski definition) is 2. The number of nitrogens with zero attached hydrogens (tertiary/aromatic N) is 2. The Morgan fingerprint density at radius 2 is 1.91 bits per heavy atom. The molecule has 1 aliphatic rings. The molecule has 2 aromatic heterocycles. The van der Waals surface area contributed by atoms with Crippen molar-refractivity contribution in [3.8, 4) is 17.2 Å². The van der Waals surface area contributed by atoms with Crippen molar-refractivity contribution in [2.24, 2.45) is 5.73 Å². The van der Waals surface area contributed by atoms with Crippen molar-refractivity contribution in [2.45, 2.75) is 25.3 Å². The molecule has 0 spiro atoms. The normalized spacial score (nSPS) is 18.3. The number of rotatable bonds is 8. The number of aromatic nitrogens is 2. The number of hydrogen-bond acceptors (Lipinski definition) is 5. The number of ether oxygens (including phenoxy) is 2. The van der Waals surface area contributed by atoms with E-state index in [1.54, 1.807) is 6.20 Å². The number of fused-ring (bicyclic) bond motifs is 1. The summed E-state index contributed by atoms with van der Waals surface area (Å²) in [5, 5.41) is 0.976. The second-order valence-electron chi connectivity index (χ2n) is 8.62. The number of carbonyl (C=O) groups excluding carboxylic acids is 1. The molecular formula is C27H28N4O3. The lowest BCUT2D eigenvalue weighted by Crippen LogP contribution is -2.44. The van der Waals surface area contributed by atoms with Gasteiger partial charge in [0.15, 0.2) is 0 Å². The van der Waals surface area contributed by atoms with Crippen molar-refractivity contribution in [3.63, 3.8) is 0 Å². The van der Waals surface area contributed by atoms with Gasteiger partial charge in [0.25, 0.3) is 0 Å². The second-order valence-corrected chi connectivity index (χ2v) is 8.62. The first-order valence-corrected chi connectivity index (χ1v) is 11.5. The molecule has 5 rings (SSSR count). The van der Waals surface area contributed by atoms with Crippen molar-refractivity contribution in [1.29, 1.82) is 0 Å². The summed E-state index contributed by atoms with van der Waals surface area (Å²) in [5.74, 6) is 2.06. The number of pyridine rings is 1. The maximum Gasteiger partial charge on any atom is 0.235 e. The van der Waals surface area contributed by atoms with Gasteiger partial charge in [0.1, 0.15) is 29.5 Å². The van der Waals surface area contributed by atoms with Crippen LogP contribution in [-0.4, -0.2) is 46.5 Å². The minimum atomic E-state index is -0.353. The zero-order valence-corrected chi connectivity index (χ0v) is 19.1. The molecule has 2 atom stereocenters. The van der Waals surface area contributed by atoms with Gasteiger partial charge in [-0.1, -0.05) is 30.3 Å². The third kappa shape index (κ3) is 4.47. The fourth-order valence-electron chi connectivity index (χ4n) is 4.81. The maximum absolute atomic E-state index is 12.4. The highest BCUT2D eigenvalue weighted by molar-refractivity contribution is 5.86. The van der Waals surface area contributed by atoms with Crippen molar-refractivity contribution in [3.05, 3.63) is 84.2 Å². The summed E-state index contributed by atoms with van der Waals surface area (Å²) in [4.78, 5) is 22.0. The third-order valence-electron chi connectivity index (χ3n) is 6.45. The lowest BCUT2D eigenvalue weighted by molar-refractivity contribution is -0.122. The highest BCUT2D eigenvalue weighted by Crippen LogP contribution is 2.36. The first-order chi connectivity index (χ1) is 16.6. The highest BCUT2D eigenvalue weighted by Gasteiger charge is 2.38. The topological polar surface area (TPSA) is 93.5 Å². The van der Waals surface area contributed by atoms with Gasteiger partial charge >= 0.3 is 0 Å². The standard InChI is InChI=1S/C27H28N4O3/c1-18-17-30-27-24(18)23(11-13-29-27)34-21-9-7-19(8-10-21)22-12-14-31(25(22)26(28)32)15-16-33-20-5-3-2-4-6-20/h2-11,13,17,22,25H,12,14-16H2,1H3,(H2,28,32)(H,29,30)/t22-,25+/m1/s1. The van der Waals surface area contributed by atoms with Gasteiger partial charge < -0.3 is 20.2 Å². The van der Waals surface area contributed by atoms with Gasteiger partial charge in [0.05, 0.1) is 11.4 Å². The lowest BCUT2D eigenvalue weighted by Gasteiger charge is -2.25. The van der Waals surface area contributed by atoms with Crippen LogP contribution in [0.25, 0.3) is 11.0 Å². The Balaban J connectivity index is 1.26. The van der Waals surface area contributed by atoms with E-state index in [9.17, 15) is 4.79 Å². The molecule has 3 N–H and O–H groups in total. The number of aryl methyl sites for hydroxylation is 1. The first kappa shape index (κ1) is 22.0. The Morgan fingerprint density at radius 3 is 2.68 bits per heavy atom. The molecule has 4 aromatic rings. The summed E-state index contributed by atoms with van der Waals surface area (Å²) in [6.45, 7) is 3.98. The number of aromatic amines is 1. The molecule has 1 saturated heterocycles. The molecule has 7 nitrogen and oxygen atoms in total. The summed E-state index contributed by atoms with van der Waals surface area (Å²) in [6, 6.07) is 19.2. The largest absolute Gasteiger partial charge is 0.492 e. The number of primary amides is 1. The molecule has 0 unspecified atom stereocenters. The van der Waals surface area contributed by atoms with E-state index in [0.29, 0.717) is 13.2 Å². The smallest absolute Gasteiger partial charge is 0.235 e. The average Bonchev–Trinajstić information content (AvgIpc) is 3.45. The Kier molecular flexibility index (Phi) is 6.18. The molecule has 2 aromatic carbocycles. The van der Waals surface area contributed by atoms with E-state index in [-0.39, 0.29) is 17.9 Å². The Morgan fingerprint density at radius 1 is 1.12 bits per heavy atom.